The third kappa shape index (κ3) is 1.72. The summed E-state index contributed by atoms with van der Waals surface area (Å²) >= 11 is 1.46. The summed E-state index contributed by atoms with van der Waals surface area (Å²) in [5.41, 5.74) is 1.64. The number of phenolic OH excluding ortho intramolecular Hbond substituents is 1. The van der Waals surface area contributed by atoms with Crippen molar-refractivity contribution in [3.8, 4) is 5.75 Å². The molecule has 2 aromatic carbocycles. The fourth-order valence-corrected chi connectivity index (χ4v) is 3.08. The highest BCUT2D eigenvalue weighted by atomic mass is 32.2. The molecule has 0 aliphatic carbocycles. The van der Waals surface area contributed by atoms with E-state index in [1.807, 2.05) is 24.3 Å². The Bertz CT molecular complexity index is 605. The largest absolute Gasteiger partial charge is 0.507 e. The van der Waals surface area contributed by atoms with Crippen LogP contribution < -0.4 is 0 Å². The number of aromatic hydroxyl groups is 1. The maximum absolute atomic E-state index is 12.1. The summed E-state index contributed by atoms with van der Waals surface area (Å²) in [6, 6.07) is 12.9. The van der Waals surface area contributed by atoms with Crippen LogP contribution in [0.4, 0.5) is 0 Å². The van der Waals surface area contributed by atoms with Crippen molar-refractivity contribution < 1.29 is 9.90 Å². The molecular formula is C14H10O2S. The predicted octanol–water partition coefficient (Wildman–Crippen LogP) is 3.28. The Balaban J connectivity index is 2.22. The van der Waals surface area contributed by atoms with Gasteiger partial charge in [0.15, 0.2) is 5.78 Å². The number of fused-ring (bicyclic) bond motifs is 2. The predicted molar refractivity (Wildman–Crippen MR) is 66.7 cm³/mol. The number of benzene rings is 2. The van der Waals surface area contributed by atoms with Crippen molar-refractivity contribution in [2.24, 2.45) is 0 Å². The molecule has 1 aliphatic heterocycles. The lowest BCUT2D eigenvalue weighted by Gasteiger charge is -2.06. The summed E-state index contributed by atoms with van der Waals surface area (Å²) in [4.78, 5) is 13.8. The van der Waals surface area contributed by atoms with Crippen molar-refractivity contribution in [3.63, 3.8) is 0 Å². The van der Waals surface area contributed by atoms with Gasteiger partial charge in [-0.15, -0.1) is 0 Å². The van der Waals surface area contributed by atoms with Gasteiger partial charge >= 0.3 is 0 Å². The van der Waals surface area contributed by atoms with Crippen LogP contribution in [0.3, 0.4) is 0 Å². The minimum absolute atomic E-state index is 0.0633. The Morgan fingerprint density at radius 3 is 2.76 bits per heavy atom. The summed E-state index contributed by atoms with van der Waals surface area (Å²) in [5, 5.41) is 9.85. The van der Waals surface area contributed by atoms with Gasteiger partial charge < -0.3 is 5.11 Å². The number of hydrogen-bond donors (Lipinski definition) is 1. The molecule has 0 saturated heterocycles. The van der Waals surface area contributed by atoms with E-state index in [-0.39, 0.29) is 11.5 Å². The SMILES string of the molecule is O=C1Cc2ccccc2Sc2c(O)cccc21. The first kappa shape index (κ1) is 10.4. The second-order valence-corrected chi connectivity index (χ2v) is 5.02. The maximum atomic E-state index is 12.1. The lowest BCUT2D eigenvalue weighted by atomic mass is 10.0. The van der Waals surface area contributed by atoms with Gasteiger partial charge in [-0.1, -0.05) is 36.0 Å². The van der Waals surface area contributed by atoms with Crippen molar-refractivity contribution in [1.82, 2.24) is 0 Å². The summed E-state index contributed by atoms with van der Waals surface area (Å²) in [5.74, 6) is 0.242. The zero-order valence-corrected chi connectivity index (χ0v) is 9.83. The molecule has 84 valence electrons. The molecule has 0 atom stereocenters. The standard InChI is InChI=1S/C14H10O2S/c15-11-6-3-5-10-12(16)8-9-4-1-2-7-13(9)17-14(10)11/h1-7,15H,8H2. The number of ketones is 1. The van der Waals surface area contributed by atoms with Crippen molar-refractivity contribution >= 4 is 17.5 Å². The molecular weight excluding hydrogens is 232 g/mol. The third-order valence-corrected chi connectivity index (χ3v) is 4.08. The van der Waals surface area contributed by atoms with Crippen LogP contribution in [0.1, 0.15) is 15.9 Å². The van der Waals surface area contributed by atoms with Crippen LogP contribution in [0.15, 0.2) is 52.3 Å². The first-order valence-corrected chi connectivity index (χ1v) is 6.18. The minimum atomic E-state index is 0.0633. The Labute approximate surface area is 103 Å². The number of rotatable bonds is 0. The molecule has 0 saturated carbocycles. The van der Waals surface area contributed by atoms with Crippen LogP contribution in [0.25, 0.3) is 0 Å². The van der Waals surface area contributed by atoms with Gasteiger partial charge in [0.1, 0.15) is 5.75 Å². The Hall–Kier alpha value is -1.74. The second-order valence-electron chi connectivity index (χ2n) is 3.96. The zero-order chi connectivity index (χ0) is 11.8. The summed E-state index contributed by atoms with van der Waals surface area (Å²) in [6.07, 6.45) is 0.402. The Kier molecular flexibility index (Phi) is 2.41. The lowest BCUT2D eigenvalue weighted by molar-refractivity contribution is 0.0989. The van der Waals surface area contributed by atoms with Crippen LogP contribution in [0.2, 0.25) is 0 Å². The van der Waals surface area contributed by atoms with Gasteiger partial charge in [-0.3, -0.25) is 4.79 Å². The molecule has 2 nitrogen and oxygen atoms in total. The van der Waals surface area contributed by atoms with Gasteiger partial charge in [0.05, 0.1) is 4.90 Å². The van der Waals surface area contributed by atoms with E-state index in [1.165, 1.54) is 11.8 Å². The molecule has 0 aromatic heterocycles. The number of carbonyl (C=O) groups is 1. The van der Waals surface area contributed by atoms with E-state index in [1.54, 1.807) is 18.2 Å². The molecule has 3 rings (SSSR count). The molecule has 1 aliphatic rings. The van der Waals surface area contributed by atoms with E-state index in [9.17, 15) is 9.90 Å². The fourth-order valence-electron chi connectivity index (χ4n) is 1.98. The highest BCUT2D eigenvalue weighted by Crippen LogP contribution is 2.41. The molecule has 2 aromatic rings. The average molecular weight is 242 g/mol. The molecule has 17 heavy (non-hydrogen) atoms. The van der Waals surface area contributed by atoms with E-state index < -0.39 is 0 Å². The van der Waals surface area contributed by atoms with E-state index in [0.29, 0.717) is 16.9 Å². The van der Waals surface area contributed by atoms with Gasteiger partial charge in [0.25, 0.3) is 0 Å². The highest BCUT2D eigenvalue weighted by Gasteiger charge is 2.21. The molecule has 0 bridgehead atoms. The average Bonchev–Trinajstić information content (AvgIpc) is 2.47. The fraction of sp³-hybridized carbons (Fsp3) is 0.0714. The smallest absolute Gasteiger partial charge is 0.168 e. The molecule has 3 heteroatoms. The quantitative estimate of drug-likeness (QED) is 0.770. The number of phenols is 1. The Morgan fingerprint density at radius 2 is 1.88 bits per heavy atom. The van der Waals surface area contributed by atoms with Gasteiger partial charge in [-0.2, -0.15) is 0 Å². The molecule has 0 unspecified atom stereocenters. The van der Waals surface area contributed by atoms with Gasteiger partial charge in [-0.25, -0.2) is 0 Å². The number of Topliss-reactive ketones (excluding diaryl/α,β-unsaturated/α-hetero) is 1. The molecule has 0 spiro atoms. The van der Waals surface area contributed by atoms with E-state index >= 15 is 0 Å². The Morgan fingerprint density at radius 1 is 1.06 bits per heavy atom. The van der Waals surface area contributed by atoms with Crippen molar-refractivity contribution in [2.45, 2.75) is 16.2 Å². The minimum Gasteiger partial charge on any atom is -0.507 e. The summed E-state index contributed by atoms with van der Waals surface area (Å²) in [6.45, 7) is 0. The molecule has 0 fully saturated rings. The van der Waals surface area contributed by atoms with Crippen molar-refractivity contribution in [2.75, 3.05) is 0 Å². The van der Waals surface area contributed by atoms with Gasteiger partial charge in [-0.05, 0) is 23.8 Å². The van der Waals surface area contributed by atoms with Crippen molar-refractivity contribution in [3.05, 3.63) is 53.6 Å². The number of hydrogen-bond acceptors (Lipinski definition) is 3. The molecule has 0 amide bonds. The van der Waals surface area contributed by atoms with E-state index in [0.717, 1.165) is 10.5 Å². The number of carbonyl (C=O) groups excluding carboxylic acids is 1. The first-order chi connectivity index (χ1) is 8.25. The monoisotopic (exact) mass is 242 g/mol. The van der Waals surface area contributed by atoms with Crippen LogP contribution in [0, 0.1) is 0 Å². The van der Waals surface area contributed by atoms with Crippen molar-refractivity contribution in [1.29, 1.82) is 0 Å². The van der Waals surface area contributed by atoms with Crippen LogP contribution in [-0.4, -0.2) is 10.9 Å². The first-order valence-electron chi connectivity index (χ1n) is 5.36. The van der Waals surface area contributed by atoms with E-state index in [2.05, 4.69) is 0 Å². The van der Waals surface area contributed by atoms with Crippen LogP contribution in [0.5, 0.6) is 5.75 Å². The second kappa shape index (κ2) is 3.93. The van der Waals surface area contributed by atoms with Gasteiger partial charge in [0, 0.05) is 16.9 Å². The van der Waals surface area contributed by atoms with Crippen LogP contribution in [-0.2, 0) is 6.42 Å². The summed E-state index contributed by atoms with van der Waals surface area (Å²) < 4.78 is 0. The van der Waals surface area contributed by atoms with Crippen LogP contribution >= 0.6 is 11.8 Å². The summed E-state index contributed by atoms with van der Waals surface area (Å²) in [7, 11) is 0. The molecule has 1 N–H and O–H groups in total. The third-order valence-electron chi connectivity index (χ3n) is 2.83. The topological polar surface area (TPSA) is 37.3 Å². The zero-order valence-electron chi connectivity index (χ0n) is 9.01. The normalized spacial score (nSPS) is 13.8. The van der Waals surface area contributed by atoms with E-state index in [4.69, 9.17) is 0 Å². The molecule has 0 radical (unpaired) electrons. The highest BCUT2D eigenvalue weighted by molar-refractivity contribution is 7.99. The maximum Gasteiger partial charge on any atom is 0.168 e. The van der Waals surface area contributed by atoms with Gasteiger partial charge in [0.2, 0.25) is 0 Å². The lowest BCUT2D eigenvalue weighted by Crippen LogP contribution is -2.02. The molecule has 1 heterocycles.